The molecule has 0 atom stereocenters. The number of rotatable bonds is 3. The van der Waals surface area contributed by atoms with Crippen LogP contribution in [0, 0.1) is 6.92 Å². The fraction of sp³-hybridized carbons (Fsp3) is 0.286. The Labute approximate surface area is 156 Å². The topological polar surface area (TPSA) is 35.5 Å². The van der Waals surface area contributed by atoms with Crippen LogP contribution in [0.3, 0.4) is 0 Å². The van der Waals surface area contributed by atoms with Crippen molar-refractivity contribution >= 4 is 27.5 Å². The van der Waals surface area contributed by atoms with Crippen LogP contribution in [0.15, 0.2) is 46.9 Å². The highest BCUT2D eigenvalue weighted by Crippen LogP contribution is 2.44. The third-order valence-electron chi connectivity index (χ3n) is 4.06. The van der Waals surface area contributed by atoms with Gasteiger partial charge in [0.05, 0.1) is 16.6 Å². The lowest BCUT2D eigenvalue weighted by atomic mass is 9.89. The Morgan fingerprint density at radius 3 is 2.52 bits per heavy atom. The van der Waals surface area contributed by atoms with Gasteiger partial charge in [0.15, 0.2) is 0 Å². The molecule has 1 heterocycles. The summed E-state index contributed by atoms with van der Waals surface area (Å²) in [5, 5.41) is 0. The average Bonchev–Trinajstić information content (AvgIpc) is 2.55. The van der Waals surface area contributed by atoms with E-state index in [0.717, 1.165) is 26.9 Å². The number of hydrogen-bond acceptors (Lipinski definition) is 3. The number of benzene rings is 2. The van der Waals surface area contributed by atoms with E-state index in [0.29, 0.717) is 12.2 Å². The van der Waals surface area contributed by atoms with E-state index in [1.165, 1.54) is 5.56 Å². The maximum Gasteiger partial charge on any atom is 0.338 e. The largest absolute Gasteiger partial charge is 0.482 e. The number of fused-ring (bicyclic) bond motifs is 1. The van der Waals surface area contributed by atoms with E-state index in [2.05, 4.69) is 53.2 Å². The third kappa shape index (κ3) is 3.64. The van der Waals surface area contributed by atoms with Crippen LogP contribution < -0.4 is 4.74 Å². The Balaban J connectivity index is 2.18. The Morgan fingerprint density at radius 1 is 1.20 bits per heavy atom. The van der Waals surface area contributed by atoms with E-state index in [9.17, 15) is 4.79 Å². The molecule has 0 spiro atoms. The second-order valence-corrected chi connectivity index (χ2v) is 7.54. The highest BCUT2D eigenvalue weighted by Gasteiger charge is 2.30. The van der Waals surface area contributed by atoms with Gasteiger partial charge in [-0.05, 0) is 73.0 Å². The van der Waals surface area contributed by atoms with Gasteiger partial charge in [-0.1, -0.05) is 29.8 Å². The van der Waals surface area contributed by atoms with Crippen LogP contribution in [-0.2, 0) is 4.74 Å². The van der Waals surface area contributed by atoms with E-state index < -0.39 is 5.60 Å². The number of carbonyl (C=O) groups is 1. The lowest BCUT2D eigenvalue weighted by Gasteiger charge is -2.32. The second kappa shape index (κ2) is 6.68. The Kier molecular flexibility index (Phi) is 4.74. The molecule has 0 aromatic heterocycles. The number of aryl methyl sites for hydroxylation is 1. The molecule has 0 aliphatic carbocycles. The van der Waals surface area contributed by atoms with E-state index in [1.54, 1.807) is 13.0 Å². The van der Waals surface area contributed by atoms with Gasteiger partial charge in [-0.2, -0.15) is 0 Å². The lowest BCUT2D eigenvalue weighted by Crippen LogP contribution is -2.29. The van der Waals surface area contributed by atoms with Crippen molar-refractivity contribution in [3.05, 3.63) is 69.2 Å². The highest BCUT2D eigenvalue weighted by molar-refractivity contribution is 9.10. The van der Waals surface area contributed by atoms with Crippen molar-refractivity contribution in [3.8, 4) is 5.75 Å². The molecule has 0 saturated heterocycles. The normalized spacial score (nSPS) is 15.0. The van der Waals surface area contributed by atoms with E-state index >= 15 is 0 Å². The fourth-order valence-electron chi connectivity index (χ4n) is 2.92. The molecule has 1 aliphatic heterocycles. The van der Waals surface area contributed by atoms with Gasteiger partial charge in [-0.3, -0.25) is 0 Å². The van der Waals surface area contributed by atoms with Gasteiger partial charge in [0.25, 0.3) is 0 Å². The molecule has 1 aliphatic rings. The number of esters is 1. The summed E-state index contributed by atoms with van der Waals surface area (Å²) in [5.41, 5.74) is 4.31. The molecule has 0 amide bonds. The summed E-state index contributed by atoms with van der Waals surface area (Å²) < 4.78 is 12.0. The van der Waals surface area contributed by atoms with Crippen LogP contribution in [0.4, 0.5) is 0 Å². The van der Waals surface area contributed by atoms with Crippen LogP contribution in [-0.4, -0.2) is 18.2 Å². The van der Waals surface area contributed by atoms with Gasteiger partial charge in [0.2, 0.25) is 0 Å². The van der Waals surface area contributed by atoms with Crippen LogP contribution >= 0.6 is 15.9 Å². The third-order valence-corrected chi connectivity index (χ3v) is 4.65. The zero-order valence-corrected chi connectivity index (χ0v) is 16.4. The quantitative estimate of drug-likeness (QED) is 0.634. The molecule has 0 radical (unpaired) electrons. The second-order valence-electron chi connectivity index (χ2n) is 6.68. The molecule has 2 aromatic carbocycles. The summed E-state index contributed by atoms with van der Waals surface area (Å²) in [6, 6.07) is 12.0. The molecule has 130 valence electrons. The molecule has 0 bridgehead atoms. The maximum absolute atomic E-state index is 12.2. The molecule has 3 rings (SSSR count). The zero-order valence-electron chi connectivity index (χ0n) is 14.9. The fourth-order valence-corrected chi connectivity index (χ4v) is 3.46. The Hall–Kier alpha value is -2.07. The summed E-state index contributed by atoms with van der Waals surface area (Å²) in [6.07, 6.45) is 2.10. The minimum absolute atomic E-state index is 0.334. The van der Waals surface area contributed by atoms with E-state index in [1.807, 2.05) is 19.9 Å². The van der Waals surface area contributed by atoms with Gasteiger partial charge in [0, 0.05) is 5.56 Å². The molecule has 3 nitrogen and oxygen atoms in total. The smallest absolute Gasteiger partial charge is 0.338 e. The van der Waals surface area contributed by atoms with Gasteiger partial charge in [-0.25, -0.2) is 4.79 Å². The molecule has 0 saturated carbocycles. The minimum Gasteiger partial charge on any atom is -0.482 e. The first-order chi connectivity index (χ1) is 11.8. The van der Waals surface area contributed by atoms with Crippen molar-refractivity contribution in [2.45, 2.75) is 33.3 Å². The SMILES string of the molecule is CCOC(=O)c1cc(Br)c2c(c1)C(c1ccc(C)cc1)=CC(C)(C)O2. The predicted molar refractivity (Wildman–Crippen MR) is 103 cm³/mol. The molecule has 0 N–H and O–H groups in total. The lowest BCUT2D eigenvalue weighted by molar-refractivity contribution is 0.0526. The zero-order chi connectivity index (χ0) is 18.2. The Bertz CT molecular complexity index is 848. The molecule has 4 heteroatoms. The van der Waals surface area contributed by atoms with Crippen molar-refractivity contribution in [3.63, 3.8) is 0 Å². The van der Waals surface area contributed by atoms with Gasteiger partial charge >= 0.3 is 5.97 Å². The standard InChI is InChI=1S/C21H21BrO3/c1-5-24-20(23)15-10-16-17(14-8-6-13(2)7-9-14)12-21(3,4)25-19(16)18(22)11-15/h6-12H,5H2,1-4H3. The monoisotopic (exact) mass is 400 g/mol. The van der Waals surface area contributed by atoms with Crippen molar-refractivity contribution in [2.75, 3.05) is 6.61 Å². The number of carbonyl (C=O) groups excluding carboxylic acids is 1. The van der Waals surface area contributed by atoms with Crippen LogP contribution in [0.25, 0.3) is 5.57 Å². The molecular formula is C21H21BrO3. The van der Waals surface area contributed by atoms with Crippen molar-refractivity contribution in [2.24, 2.45) is 0 Å². The predicted octanol–water partition coefficient (Wildman–Crippen LogP) is 5.54. The minimum atomic E-state index is -0.443. The van der Waals surface area contributed by atoms with Gasteiger partial charge in [0.1, 0.15) is 11.4 Å². The van der Waals surface area contributed by atoms with Crippen molar-refractivity contribution < 1.29 is 14.3 Å². The van der Waals surface area contributed by atoms with Crippen LogP contribution in [0.2, 0.25) is 0 Å². The summed E-state index contributed by atoms with van der Waals surface area (Å²) in [6.45, 7) is 8.26. The average molecular weight is 401 g/mol. The summed E-state index contributed by atoms with van der Waals surface area (Å²) >= 11 is 3.56. The number of halogens is 1. The molecule has 0 fully saturated rings. The van der Waals surface area contributed by atoms with Gasteiger partial charge < -0.3 is 9.47 Å². The summed E-state index contributed by atoms with van der Waals surface area (Å²) in [5.74, 6) is 0.412. The molecule has 2 aromatic rings. The highest BCUT2D eigenvalue weighted by atomic mass is 79.9. The molecule has 25 heavy (non-hydrogen) atoms. The molecule has 0 unspecified atom stereocenters. The first-order valence-corrected chi connectivity index (χ1v) is 9.10. The van der Waals surface area contributed by atoms with Crippen molar-refractivity contribution in [1.29, 1.82) is 0 Å². The first-order valence-electron chi connectivity index (χ1n) is 8.30. The van der Waals surface area contributed by atoms with Crippen molar-refractivity contribution in [1.82, 2.24) is 0 Å². The number of ether oxygens (including phenoxy) is 2. The van der Waals surface area contributed by atoms with E-state index in [-0.39, 0.29) is 5.97 Å². The van der Waals surface area contributed by atoms with E-state index in [4.69, 9.17) is 9.47 Å². The Morgan fingerprint density at radius 2 is 1.88 bits per heavy atom. The number of hydrogen-bond donors (Lipinski definition) is 0. The van der Waals surface area contributed by atoms with Crippen LogP contribution in [0.1, 0.15) is 47.8 Å². The van der Waals surface area contributed by atoms with Crippen LogP contribution in [0.5, 0.6) is 5.75 Å². The first kappa shape index (κ1) is 17.7. The summed E-state index contributed by atoms with van der Waals surface area (Å²) in [4.78, 5) is 12.2. The molecular weight excluding hydrogens is 380 g/mol. The van der Waals surface area contributed by atoms with Gasteiger partial charge in [-0.15, -0.1) is 0 Å². The summed E-state index contributed by atoms with van der Waals surface area (Å²) in [7, 11) is 0. The maximum atomic E-state index is 12.2.